The van der Waals surface area contributed by atoms with Gasteiger partial charge in [0.2, 0.25) is 5.91 Å². The molecule has 0 spiro atoms. The van der Waals surface area contributed by atoms with Gasteiger partial charge < -0.3 is 15.0 Å². The van der Waals surface area contributed by atoms with Crippen molar-refractivity contribution in [3.63, 3.8) is 0 Å². The van der Waals surface area contributed by atoms with Crippen LogP contribution in [0.5, 0.6) is 0 Å². The predicted octanol–water partition coefficient (Wildman–Crippen LogP) is 2.55. The summed E-state index contributed by atoms with van der Waals surface area (Å²) >= 11 is 0. The molecule has 1 atom stereocenters. The van der Waals surface area contributed by atoms with Crippen molar-refractivity contribution in [2.24, 2.45) is 0 Å². The van der Waals surface area contributed by atoms with Gasteiger partial charge in [0, 0.05) is 13.1 Å². The van der Waals surface area contributed by atoms with E-state index in [4.69, 9.17) is 4.74 Å². The average molecular weight is 272 g/mol. The van der Waals surface area contributed by atoms with Crippen molar-refractivity contribution in [1.29, 1.82) is 0 Å². The standard InChI is InChI=1S/C14H28N2O3/c1-7-9-16(10-8-2)12(17)11(3)15-13(18)19-14(4,5)6/h11H,7-10H2,1-6H3,(H,15,18)/t11-/m1/s1. The van der Waals surface area contributed by atoms with Gasteiger partial charge in [-0.15, -0.1) is 0 Å². The van der Waals surface area contributed by atoms with Crippen molar-refractivity contribution in [1.82, 2.24) is 10.2 Å². The van der Waals surface area contributed by atoms with Crippen LogP contribution in [-0.2, 0) is 9.53 Å². The topological polar surface area (TPSA) is 58.6 Å². The lowest BCUT2D eigenvalue weighted by Crippen LogP contribution is -2.48. The van der Waals surface area contributed by atoms with Crippen LogP contribution in [0, 0.1) is 0 Å². The maximum absolute atomic E-state index is 12.2. The fourth-order valence-corrected chi connectivity index (χ4v) is 1.69. The quantitative estimate of drug-likeness (QED) is 0.808. The first-order valence-corrected chi connectivity index (χ1v) is 6.99. The molecule has 0 aliphatic rings. The van der Waals surface area contributed by atoms with Gasteiger partial charge in [-0.1, -0.05) is 13.8 Å². The van der Waals surface area contributed by atoms with Crippen LogP contribution in [0.3, 0.4) is 0 Å². The van der Waals surface area contributed by atoms with Crippen LogP contribution < -0.4 is 5.32 Å². The summed E-state index contributed by atoms with van der Waals surface area (Å²) in [7, 11) is 0. The van der Waals surface area contributed by atoms with Crippen molar-refractivity contribution >= 4 is 12.0 Å². The van der Waals surface area contributed by atoms with Crippen LogP contribution in [0.4, 0.5) is 4.79 Å². The number of carbonyl (C=O) groups is 2. The van der Waals surface area contributed by atoms with Crippen LogP contribution in [0.1, 0.15) is 54.4 Å². The summed E-state index contributed by atoms with van der Waals surface area (Å²) in [4.78, 5) is 25.6. The van der Waals surface area contributed by atoms with Crippen molar-refractivity contribution < 1.29 is 14.3 Å². The maximum Gasteiger partial charge on any atom is 0.408 e. The molecule has 19 heavy (non-hydrogen) atoms. The summed E-state index contributed by atoms with van der Waals surface area (Å²) in [6.07, 6.45) is 1.26. The summed E-state index contributed by atoms with van der Waals surface area (Å²) < 4.78 is 5.14. The average Bonchev–Trinajstić information content (AvgIpc) is 2.25. The Morgan fingerprint density at radius 2 is 1.63 bits per heavy atom. The van der Waals surface area contributed by atoms with Gasteiger partial charge in [0.05, 0.1) is 0 Å². The number of hydrogen-bond acceptors (Lipinski definition) is 3. The first-order chi connectivity index (χ1) is 8.71. The minimum Gasteiger partial charge on any atom is -0.444 e. The van der Waals surface area contributed by atoms with Crippen LogP contribution in [0.15, 0.2) is 0 Å². The molecule has 0 unspecified atom stereocenters. The molecule has 0 aliphatic heterocycles. The van der Waals surface area contributed by atoms with E-state index in [0.29, 0.717) is 13.1 Å². The Morgan fingerprint density at radius 3 is 2.00 bits per heavy atom. The second-order valence-electron chi connectivity index (χ2n) is 5.69. The van der Waals surface area contributed by atoms with E-state index in [-0.39, 0.29) is 5.91 Å². The highest BCUT2D eigenvalue weighted by Gasteiger charge is 2.23. The smallest absolute Gasteiger partial charge is 0.408 e. The minimum absolute atomic E-state index is 0.0606. The molecular weight excluding hydrogens is 244 g/mol. The molecule has 0 radical (unpaired) electrons. The predicted molar refractivity (Wildman–Crippen MR) is 76.0 cm³/mol. The molecule has 0 saturated carbocycles. The lowest BCUT2D eigenvalue weighted by atomic mass is 10.2. The Labute approximate surface area is 116 Å². The van der Waals surface area contributed by atoms with E-state index in [0.717, 1.165) is 12.8 Å². The van der Waals surface area contributed by atoms with Crippen molar-refractivity contribution in [2.75, 3.05) is 13.1 Å². The van der Waals surface area contributed by atoms with E-state index in [2.05, 4.69) is 5.32 Å². The molecule has 0 rings (SSSR count). The molecule has 0 bridgehead atoms. The largest absolute Gasteiger partial charge is 0.444 e. The SMILES string of the molecule is CCCN(CCC)C(=O)[C@@H](C)NC(=O)OC(C)(C)C. The third kappa shape index (κ3) is 7.70. The molecule has 0 aliphatic carbocycles. The number of carbonyl (C=O) groups excluding carboxylic acids is 2. The molecule has 0 saturated heterocycles. The van der Waals surface area contributed by atoms with E-state index in [1.54, 1.807) is 32.6 Å². The fourth-order valence-electron chi connectivity index (χ4n) is 1.69. The van der Waals surface area contributed by atoms with Crippen LogP contribution in [-0.4, -0.2) is 41.6 Å². The first kappa shape index (κ1) is 17.7. The molecule has 0 heterocycles. The highest BCUT2D eigenvalue weighted by Crippen LogP contribution is 2.07. The zero-order chi connectivity index (χ0) is 15.1. The zero-order valence-electron chi connectivity index (χ0n) is 13.1. The third-order valence-electron chi connectivity index (χ3n) is 2.40. The normalized spacial score (nSPS) is 12.7. The molecule has 1 N–H and O–H groups in total. The summed E-state index contributed by atoms with van der Waals surface area (Å²) in [5.74, 6) is -0.0606. The molecule has 0 aromatic heterocycles. The summed E-state index contributed by atoms with van der Waals surface area (Å²) in [5.41, 5.74) is -0.556. The van der Waals surface area contributed by atoms with Crippen molar-refractivity contribution in [3.05, 3.63) is 0 Å². The first-order valence-electron chi connectivity index (χ1n) is 6.99. The number of hydrogen-bond donors (Lipinski definition) is 1. The Kier molecular flexibility index (Phi) is 7.49. The molecule has 0 fully saturated rings. The number of nitrogens with one attached hydrogen (secondary N) is 1. The van der Waals surface area contributed by atoms with Crippen molar-refractivity contribution in [3.8, 4) is 0 Å². The highest BCUT2D eigenvalue weighted by atomic mass is 16.6. The van der Waals surface area contributed by atoms with Gasteiger partial charge >= 0.3 is 6.09 Å². The minimum atomic E-state index is -0.562. The van der Waals surface area contributed by atoms with E-state index in [9.17, 15) is 9.59 Å². The van der Waals surface area contributed by atoms with Gasteiger partial charge in [-0.05, 0) is 40.5 Å². The number of alkyl carbamates (subject to hydrolysis) is 1. The van der Waals surface area contributed by atoms with E-state index >= 15 is 0 Å². The summed E-state index contributed by atoms with van der Waals surface area (Å²) in [6.45, 7) is 12.5. The zero-order valence-corrected chi connectivity index (χ0v) is 13.1. The van der Waals surface area contributed by atoms with Gasteiger partial charge in [0.15, 0.2) is 0 Å². The number of ether oxygens (including phenoxy) is 1. The fraction of sp³-hybridized carbons (Fsp3) is 0.857. The Balaban J connectivity index is 4.42. The van der Waals surface area contributed by atoms with Gasteiger partial charge in [0.25, 0.3) is 0 Å². The maximum atomic E-state index is 12.2. The van der Waals surface area contributed by atoms with Crippen LogP contribution in [0.25, 0.3) is 0 Å². The molecule has 112 valence electrons. The molecule has 5 nitrogen and oxygen atoms in total. The molecule has 0 aromatic rings. The number of rotatable bonds is 6. The van der Waals surface area contributed by atoms with Gasteiger partial charge in [-0.25, -0.2) is 4.79 Å². The van der Waals surface area contributed by atoms with Crippen LogP contribution >= 0.6 is 0 Å². The second kappa shape index (κ2) is 8.02. The summed E-state index contributed by atoms with van der Waals surface area (Å²) in [6, 6.07) is -0.562. The Bertz CT molecular complexity index is 292. The van der Waals surface area contributed by atoms with Crippen LogP contribution in [0.2, 0.25) is 0 Å². The third-order valence-corrected chi connectivity index (χ3v) is 2.40. The van der Waals surface area contributed by atoms with Gasteiger partial charge in [-0.2, -0.15) is 0 Å². The van der Waals surface area contributed by atoms with Gasteiger partial charge in [-0.3, -0.25) is 4.79 Å². The molecular formula is C14H28N2O3. The van der Waals surface area contributed by atoms with Gasteiger partial charge in [0.1, 0.15) is 11.6 Å². The summed E-state index contributed by atoms with van der Waals surface area (Å²) in [5, 5.41) is 2.58. The van der Waals surface area contributed by atoms with E-state index in [1.807, 2.05) is 13.8 Å². The second-order valence-corrected chi connectivity index (χ2v) is 5.69. The lowest BCUT2D eigenvalue weighted by Gasteiger charge is -2.26. The number of amides is 2. The van der Waals surface area contributed by atoms with Crippen molar-refractivity contribution in [2.45, 2.75) is 66.0 Å². The highest BCUT2D eigenvalue weighted by molar-refractivity contribution is 5.85. The van der Waals surface area contributed by atoms with E-state index in [1.165, 1.54) is 0 Å². The molecule has 2 amide bonds. The molecule has 5 heteroatoms. The molecule has 0 aromatic carbocycles. The number of nitrogens with zero attached hydrogens (tertiary/aromatic N) is 1. The van der Waals surface area contributed by atoms with E-state index < -0.39 is 17.7 Å². The Morgan fingerprint density at radius 1 is 1.16 bits per heavy atom. The Hall–Kier alpha value is -1.26. The monoisotopic (exact) mass is 272 g/mol. The lowest BCUT2D eigenvalue weighted by molar-refractivity contribution is -0.133.